The Kier molecular flexibility index (Phi) is 4.72. The molecule has 2 heterocycles. The van der Waals surface area contributed by atoms with Gasteiger partial charge in [-0.05, 0) is 62.1 Å². The van der Waals surface area contributed by atoms with Gasteiger partial charge in [0.25, 0.3) is 0 Å². The summed E-state index contributed by atoms with van der Waals surface area (Å²) < 4.78 is 34.7. The molecule has 0 N–H and O–H groups in total. The second-order valence-corrected chi connectivity index (χ2v) is 7.11. The van der Waals surface area contributed by atoms with Crippen LogP contribution in [0.5, 0.6) is 11.5 Å². The zero-order chi connectivity index (χ0) is 19.8. The number of thioether (sulfide) groups is 1. The molecule has 0 saturated carbocycles. The van der Waals surface area contributed by atoms with Crippen LogP contribution in [0, 0.1) is 25.5 Å². The van der Waals surface area contributed by atoms with Gasteiger partial charge in [-0.15, -0.1) is 22.0 Å². The molecule has 0 fully saturated rings. The average Bonchev–Trinajstić information content (AvgIpc) is 3.06. The maximum atomic E-state index is 14.1. The first-order valence-corrected chi connectivity index (χ1v) is 9.69. The van der Waals surface area contributed by atoms with Crippen molar-refractivity contribution in [3.8, 4) is 22.8 Å². The van der Waals surface area contributed by atoms with Crippen LogP contribution in [0.1, 0.15) is 11.4 Å². The Bertz CT molecular complexity index is 1190. The third-order valence-corrected chi connectivity index (χ3v) is 5.01. The Morgan fingerprint density at radius 1 is 0.964 bits per heavy atom. The minimum Gasteiger partial charge on any atom is -0.454 e. The first kappa shape index (κ1) is 18.4. The molecule has 2 aromatic carbocycles. The van der Waals surface area contributed by atoms with Crippen molar-refractivity contribution in [3.63, 3.8) is 0 Å². The molecule has 0 aliphatic carbocycles. The van der Waals surface area contributed by atoms with Gasteiger partial charge in [-0.3, -0.25) is 0 Å². The Morgan fingerprint density at radius 3 is 2.50 bits per heavy atom. The molecule has 0 unspecified atom stereocenters. The van der Waals surface area contributed by atoms with Crippen LogP contribution >= 0.6 is 11.8 Å². The van der Waals surface area contributed by atoms with E-state index in [1.165, 1.54) is 6.07 Å². The van der Waals surface area contributed by atoms with E-state index in [0.717, 1.165) is 22.6 Å². The van der Waals surface area contributed by atoms with E-state index >= 15 is 0 Å². The van der Waals surface area contributed by atoms with Gasteiger partial charge in [-0.2, -0.15) is 9.61 Å². The highest BCUT2D eigenvalue weighted by Gasteiger charge is 2.16. The van der Waals surface area contributed by atoms with Crippen molar-refractivity contribution >= 4 is 17.4 Å². The number of ether oxygens (including phenoxy) is 1. The molecule has 8 heteroatoms. The Morgan fingerprint density at radius 2 is 1.75 bits per heavy atom. The molecule has 0 aliphatic rings. The summed E-state index contributed by atoms with van der Waals surface area (Å²) in [5.74, 6) is -0.408. The summed E-state index contributed by atoms with van der Waals surface area (Å²) in [6, 6.07) is 10.7. The average molecular weight is 398 g/mol. The summed E-state index contributed by atoms with van der Waals surface area (Å²) in [5, 5.41) is 12.8. The van der Waals surface area contributed by atoms with Gasteiger partial charge in [-0.1, -0.05) is 0 Å². The fourth-order valence-corrected chi connectivity index (χ4v) is 3.30. The SMILES string of the molecule is CSc1ccc(Oc2ccc(F)cc2F)c(-c2cc(C)c3nnc(C)n3n2)c1. The second-order valence-electron chi connectivity index (χ2n) is 6.23. The highest BCUT2D eigenvalue weighted by Crippen LogP contribution is 2.36. The number of aromatic nitrogens is 4. The van der Waals surface area contributed by atoms with Crippen molar-refractivity contribution in [1.29, 1.82) is 0 Å². The van der Waals surface area contributed by atoms with Crippen LogP contribution in [-0.4, -0.2) is 26.1 Å². The predicted octanol–water partition coefficient (Wildman–Crippen LogP) is 5.20. The molecule has 4 rings (SSSR count). The number of rotatable bonds is 4. The van der Waals surface area contributed by atoms with E-state index in [4.69, 9.17) is 4.74 Å². The van der Waals surface area contributed by atoms with Crippen LogP contribution in [0.2, 0.25) is 0 Å². The lowest BCUT2D eigenvalue weighted by Crippen LogP contribution is -2.00. The normalized spacial score (nSPS) is 11.2. The lowest BCUT2D eigenvalue weighted by Gasteiger charge is -2.13. The monoisotopic (exact) mass is 398 g/mol. The first-order chi connectivity index (χ1) is 13.5. The number of hydrogen-bond donors (Lipinski definition) is 0. The van der Waals surface area contributed by atoms with E-state index in [0.29, 0.717) is 28.5 Å². The zero-order valence-corrected chi connectivity index (χ0v) is 16.2. The molecule has 0 spiro atoms. The van der Waals surface area contributed by atoms with Crippen LogP contribution in [0.4, 0.5) is 8.78 Å². The van der Waals surface area contributed by atoms with Gasteiger partial charge in [0.1, 0.15) is 11.6 Å². The number of fused-ring (bicyclic) bond motifs is 1. The van der Waals surface area contributed by atoms with E-state index in [-0.39, 0.29) is 5.75 Å². The van der Waals surface area contributed by atoms with Gasteiger partial charge in [-0.25, -0.2) is 8.78 Å². The topological polar surface area (TPSA) is 52.3 Å². The van der Waals surface area contributed by atoms with E-state index in [2.05, 4.69) is 15.3 Å². The fourth-order valence-electron chi connectivity index (χ4n) is 2.86. The van der Waals surface area contributed by atoms with Gasteiger partial charge in [0.05, 0.1) is 5.69 Å². The van der Waals surface area contributed by atoms with E-state index in [1.54, 1.807) is 22.3 Å². The van der Waals surface area contributed by atoms with Crippen molar-refractivity contribution in [2.75, 3.05) is 6.26 Å². The molecule has 4 aromatic rings. The molecule has 142 valence electrons. The molecule has 0 saturated heterocycles. The lowest BCUT2D eigenvalue weighted by atomic mass is 10.1. The minimum absolute atomic E-state index is 0.0576. The molecular weight excluding hydrogens is 382 g/mol. The van der Waals surface area contributed by atoms with Crippen LogP contribution in [0.25, 0.3) is 16.9 Å². The summed E-state index contributed by atoms with van der Waals surface area (Å²) in [6.45, 7) is 3.74. The lowest BCUT2D eigenvalue weighted by molar-refractivity contribution is 0.438. The van der Waals surface area contributed by atoms with Crippen LogP contribution in [0.15, 0.2) is 47.4 Å². The highest BCUT2D eigenvalue weighted by molar-refractivity contribution is 7.98. The summed E-state index contributed by atoms with van der Waals surface area (Å²) >= 11 is 1.57. The highest BCUT2D eigenvalue weighted by atomic mass is 32.2. The van der Waals surface area contributed by atoms with Crippen molar-refractivity contribution < 1.29 is 13.5 Å². The molecule has 0 aliphatic heterocycles. The van der Waals surface area contributed by atoms with Crippen LogP contribution < -0.4 is 4.74 Å². The summed E-state index contributed by atoms with van der Waals surface area (Å²) in [6.07, 6.45) is 1.96. The summed E-state index contributed by atoms with van der Waals surface area (Å²) in [7, 11) is 0. The third kappa shape index (κ3) is 3.31. The summed E-state index contributed by atoms with van der Waals surface area (Å²) in [5.41, 5.74) is 2.91. The van der Waals surface area contributed by atoms with Crippen molar-refractivity contribution in [2.24, 2.45) is 0 Å². The van der Waals surface area contributed by atoms with E-state index < -0.39 is 11.6 Å². The molecule has 0 bridgehead atoms. The van der Waals surface area contributed by atoms with Crippen LogP contribution in [-0.2, 0) is 0 Å². The maximum Gasteiger partial charge on any atom is 0.180 e. The largest absolute Gasteiger partial charge is 0.454 e. The molecule has 0 amide bonds. The Hall–Kier alpha value is -3.00. The predicted molar refractivity (Wildman–Crippen MR) is 104 cm³/mol. The molecule has 5 nitrogen and oxygen atoms in total. The first-order valence-electron chi connectivity index (χ1n) is 8.47. The fraction of sp³-hybridized carbons (Fsp3) is 0.150. The number of aryl methyl sites for hydroxylation is 2. The molecule has 0 atom stereocenters. The van der Waals surface area contributed by atoms with E-state index in [1.807, 2.05) is 38.3 Å². The van der Waals surface area contributed by atoms with Crippen LogP contribution in [0.3, 0.4) is 0 Å². The molecular formula is C20H16F2N4OS. The second kappa shape index (κ2) is 7.20. The Balaban J connectivity index is 1.87. The number of hydrogen-bond acceptors (Lipinski definition) is 5. The van der Waals surface area contributed by atoms with Crippen molar-refractivity contribution in [2.45, 2.75) is 18.7 Å². The quantitative estimate of drug-likeness (QED) is 0.442. The smallest absolute Gasteiger partial charge is 0.180 e. The summed E-state index contributed by atoms with van der Waals surface area (Å²) in [4.78, 5) is 1.00. The third-order valence-electron chi connectivity index (χ3n) is 4.29. The molecule has 2 aromatic heterocycles. The zero-order valence-electron chi connectivity index (χ0n) is 15.4. The van der Waals surface area contributed by atoms with Gasteiger partial charge in [0, 0.05) is 16.5 Å². The van der Waals surface area contributed by atoms with Gasteiger partial charge < -0.3 is 4.74 Å². The minimum atomic E-state index is -0.769. The maximum absolute atomic E-state index is 14.1. The van der Waals surface area contributed by atoms with E-state index in [9.17, 15) is 8.78 Å². The van der Waals surface area contributed by atoms with Gasteiger partial charge >= 0.3 is 0 Å². The standard InChI is InChI=1S/C20H16F2N4OS/c1-11-8-17(25-26-12(2)23-24-20(11)26)15-10-14(28-3)5-7-18(15)27-19-6-4-13(21)9-16(19)22/h4-10H,1-3H3. The molecule has 28 heavy (non-hydrogen) atoms. The Labute approximate surface area is 164 Å². The number of halogens is 2. The molecule has 0 radical (unpaired) electrons. The van der Waals surface area contributed by atoms with Crippen molar-refractivity contribution in [1.82, 2.24) is 19.8 Å². The van der Waals surface area contributed by atoms with Gasteiger partial charge in [0.15, 0.2) is 23.0 Å². The van der Waals surface area contributed by atoms with Crippen molar-refractivity contribution in [3.05, 3.63) is 65.5 Å². The van der Waals surface area contributed by atoms with Gasteiger partial charge in [0.2, 0.25) is 0 Å². The number of nitrogens with zero attached hydrogens (tertiary/aromatic N) is 4. The number of benzene rings is 2.